The lowest BCUT2D eigenvalue weighted by molar-refractivity contribution is -0.134. The molecule has 10 heteroatoms. The third-order valence-corrected chi connectivity index (χ3v) is 8.19. The molecule has 2 aliphatic rings. The number of nitrogens with one attached hydrogen (secondary N) is 1. The second-order valence-electron chi connectivity index (χ2n) is 6.38. The van der Waals surface area contributed by atoms with Crippen molar-refractivity contribution in [2.75, 3.05) is 32.7 Å². The van der Waals surface area contributed by atoms with E-state index in [0.717, 1.165) is 17.8 Å². The standard InChI is InChI=1S/C15H20ClN3O4S2/c1-10-8-11(10)15(21)17-9-13(20)18-4-6-19(7-5-18)25(22,23)14-3-2-12(16)24-14/h2-3,10-11H,4-9H2,1H3,(H,17,21)/t10-,11+/m1/s1. The first-order valence-corrected chi connectivity index (χ1v) is 10.7. The molecule has 0 bridgehead atoms. The van der Waals surface area contributed by atoms with Crippen molar-refractivity contribution in [1.29, 1.82) is 0 Å². The Bertz CT molecular complexity index is 771. The molecule has 1 aromatic heterocycles. The number of halogens is 1. The molecule has 1 aromatic rings. The van der Waals surface area contributed by atoms with Gasteiger partial charge in [-0.25, -0.2) is 8.42 Å². The van der Waals surface area contributed by atoms with Crippen molar-refractivity contribution in [3.8, 4) is 0 Å². The first kappa shape index (κ1) is 18.6. The number of carbonyl (C=O) groups excluding carboxylic acids is 2. The van der Waals surface area contributed by atoms with Crippen LogP contribution in [-0.2, 0) is 19.6 Å². The lowest BCUT2D eigenvalue weighted by Crippen LogP contribution is -2.52. The molecular formula is C15H20ClN3O4S2. The zero-order valence-electron chi connectivity index (χ0n) is 13.8. The van der Waals surface area contributed by atoms with Crippen molar-refractivity contribution in [2.45, 2.75) is 17.6 Å². The fraction of sp³-hybridized carbons (Fsp3) is 0.600. The molecule has 2 fully saturated rings. The third kappa shape index (κ3) is 4.16. The summed E-state index contributed by atoms with van der Waals surface area (Å²) in [5, 5.41) is 2.67. The Balaban J connectivity index is 1.49. The van der Waals surface area contributed by atoms with Gasteiger partial charge in [0.25, 0.3) is 10.0 Å². The van der Waals surface area contributed by atoms with Gasteiger partial charge < -0.3 is 10.2 Å². The summed E-state index contributed by atoms with van der Waals surface area (Å²) >= 11 is 6.84. The van der Waals surface area contributed by atoms with Gasteiger partial charge in [0.05, 0.1) is 10.9 Å². The van der Waals surface area contributed by atoms with Crippen LogP contribution in [0.4, 0.5) is 0 Å². The van der Waals surface area contributed by atoms with Gasteiger partial charge >= 0.3 is 0 Å². The van der Waals surface area contributed by atoms with E-state index in [0.29, 0.717) is 23.3 Å². The lowest BCUT2D eigenvalue weighted by atomic mass is 10.3. The molecule has 1 saturated carbocycles. The maximum Gasteiger partial charge on any atom is 0.252 e. The highest BCUT2D eigenvalue weighted by Crippen LogP contribution is 2.37. The molecule has 1 saturated heterocycles. The van der Waals surface area contributed by atoms with Gasteiger partial charge in [-0.2, -0.15) is 4.31 Å². The smallest absolute Gasteiger partial charge is 0.252 e. The summed E-state index contributed by atoms with van der Waals surface area (Å²) in [6, 6.07) is 3.05. The van der Waals surface area contributed by atoms with Crippen molar-refractivity contribution in [3.05, 3.63) is 16.5 Å². The van der Waals surface area contributed by atoms with Crippen molar-refractivity contribution in [3.63, 3.8) is 0 Å². The number of hydrogen-bond donors (Lipinski definition) is 1. The zero-order chi connectivity index (χ0) is 18.2. The number of carbonyl (C=O) groups is 2. The summed E-state index contributed by atoms with van der Waals surface area (Å²) in [7, 11) is -3.57. The number of piperazine rings is 1. The quantitative estimate of drug-likeness (QED) is 0.791. The number of amides is 2. The highest BCUT2D eigenvalue weighted by molar-refractivity contribution is 7.91. The van der Waals surface area contributed by atoms with Gasteiger partial charge in [0.2, 0.25) is 11.8 Å². The van der Waals surface area contributed by atoms with Crippen LogP contribution in [0.3, 0.4) is 0 Å². The second kappa shape index (κ2) is 7.22. The van der Waals surface area contributed by atoms with Crippen molar-refractivity contribution in [1.82, 2.24) is 14.5 Å². The summed E-state index contributed by atoms with van der Waals surface area (Å²) in [6.07, 6.45) is 0.878. The van der Waals surface area contributed by atoms with Crippen LogP contribution in [-0.4, -0.2) is 62.2 Å². The Morgan fingerprint density at radius 3 is 2.44 bits per heavy atom. The van der Waals surface area contributed by atoms with Crippen LogP contribution in [0, 0.1) is 11.8 Å². The van der Waals surface area contributed by atoms with Gasteiger partial charge in [0, 0.05) is 32.1 Å². The summed E-state index contributed by atoms with van der Waals surface area (Å²) in [6.45, 7) is 3.07. The monoisotopic (exact) mass is 405 g/mol. The highest BCUT2D eigenvalue weighted by atomic mass is 35.5. The number of sulfonamides is 1. The highest BCUT2D eigenvalue weighted by Gasteiger charge is 2.39. The Morgan fingerprint density at radius 2 is 1.92 bits per heavy atom. The molecule has 0 unspecified atom stereocenters. The van der Waals surface area contributed by atoms with Crippen molar-refractivity contribution in [2.24, 2.45) is 11.8 Å². The molecule has 7 nitrogen and oxygen atoms in total. The van der Waals surface area contributed by atoms with Gasteiger partial charge in [0.15, 0.2) is 0 Å². The molecular weight excluding hydrogens is 386 g/mol. The van der Waals surface area contributed by atoms with E-state index in [1.165, 1.54) is 10.4 Å². The Kier molecular flexibility index (Phi) is 5.38. The van der Waals surface area contributed by atoms with E-state index in [-0.39, 0.29) is 41.6 Å². The first-order chi connectivity index (χ1) is 11.8. The predicted molar refractivity (Wildman–Crippen MR) is 94.9 cm³/mol. The Hall–Kier alpha value is -1.16. The fourth-order valence-corrected chi connectivity index (χ4v) is 5.89. The normalized spacial score (nSPS) is 24.2. The molecule has 0 aromatic carbocycles. The van der Waals surface area contributed by atoms with Gasteiger partial charge in [-0.3, -0.25) is 9.59 Å². The first-order valence-electron chi connectivity index (χ1n) is 8.10. The van der Waals surface area contributed by atoms with E-state index in [2.05, 4.69) is 5.32 Å². The molecule has 2 atom stereocenters. The van der Waals surface area contributed by atoms with Crippen LogP contribution >= 0.6 is 22.9 Å². The molecule has 1 N–H and O–H groups in total. The SMILES string of the molecule is C[C@@H]1C[C@@H]1C(=O)NCC(=O)N1CCN(S(=O)(=O)c2ccc(Cl)s2)CC1. The summed E-state index contributed by atoms with van der Waals surface area (Å²) in [4.78, 5) is 25.5. The van der Waals surface area contributed by atoms with Crippen LogP contribution in [0.15, 0.2) is 16.3 Å². The van der Waals surface area contributed by atoms with E-state index < -0.39 is 10.0 Å². The summed E-state index contributed by atoms with van der Waals surface area (Å²) in [5.74, 6) is 0.177. The molecule has 2 amide bonds. The fourth-order valence-electron chi connectivity index (χ4n) is 2.83. The number of hydrogen-bond acceptors (Lipinski definition) is 5. The van der Waals surface area contributed by atoms with Gasteiger partial charge in [-0.15, -0.1) is 11.3 Å². The van der Waals surface area contributed by atoms with Crippen LogP contribution in [0.5, 0.6) is 0 Å². The molecule has 0 radical (unpaired) electrons. The van der Waals surface area contributed by atoms with Crippen molar-refractivity contribution < 1.29 is 18.0 Å². The number of thiophene rings is 1. The van der Waals surface area contributed by atoms with Crippen molar-refractivity contribution >= 4 is 44.8 Å². The average molecular weight is 406 g/mol. The molecule has 3 rings (SSSR count). The van der Waals surface area contributed by atoms with Gasteiger partial charge in [-0.05, 0) is 24.5 Å². The molecule has 2 heterocycles. The second-order valence-corrected chi connectivity index (χ2v) is 10.3. The summed E-state index contributed by atoms with van der Waals surface area (Å²) in [5.41, 5.74) is 0. The Morgan fingerprint density at radius 1 is 1.28 bits per heavy atom. The predicted octanol–water partition coefficient (Wildman–Crippen LogP) is 1.01. The Labute approximate surface area is 156 Å². The number of nitrogens with zero attached hydrogens (tertiary/aromatic N) is 2. The molecule has 0 spiro atoms. The van der Waals surface area contributed by atoms with E-state index in [1.807, 2.05) is 6.92 Å². The van der Waals surface area contributed by atoms with Crippen LogP contribution in [0.25, 0.3) is 0 Å². The summed E-state index contributed by atoms with van der Waals surface area (Å²) < 4.78 is 27.0. The third-order valence-electron chi connectivity index (χ3n) is 4.59. The van der Waals surface area contributed by atoms with E-state index in [4.69, 9.17) is 11.6 Å². The van der Waals surface area contributed by atoms with Gasteiger partial charge in [0.1, 0.15) is 4.21 Å². The largest absolute Gasteiger partial charge is 0.347 e. The van der Waals surface area contributed by atoms with E-state index >= 15 is 0 Å². The molecule has 138 valence electrons. The minimum atomic E-state index is -3.57. The van der Waals surface area contributed by atoms with Crippen LogP contribution in [0.2, 0.25) is 4.34 Å². The maximum atomic E-state index is 12.5. The van der Waals surface area contributed by atoms with E-state index in [1.54, 1.807) is 11.0 Å². The minimum absolute atomic E-state index is 0.0324. The van der Waals surface area contributed by atoms with E-state index in [9.17, 15) is 18.0 Å². The molecule has 1 aliphatic heterocycles. The zero-order valence-corrected chi connectivity index (χ0v) is 16.2. The van der Waals surface area contributed by atoms with Crippen LogP contribution in [0.1, 0.15) is 13.3 Å². The van der Waals surface area contributed by atoms with Crippen LogP contribution < -0.4 is 5.32 Å². The average Bonchev–Trinajstić information content (AvgIpc) is 3.16. The molecule has 25 heavy (non-hydrogen) atoms. The van der Waals surface area contributed by atoms with Gasteiger partial charge in [-0.1, -0.05) is 18.5 Å². The molecule has 1 aliphatic carbocycles. The lowest BCUT2D eigenvalue weighted by Gasteiger charge is -2.33. The number of rotatable bonds is 5. The topological polar surface area (TPSA) is 86.8 Å². The minimum Gasteiger partial charge on any atom is -0.347 e. The maximum absolute atomic E-state index is 12.5.